The maximum absolute atomic E-state index is 13.1. The maximum atomic E-state index is 13.1. The minimum absolute atomic E-state index is 0.105. The van der Waals surface area contributed by atoms with Crippen molar-refractivity contribution in [1.82, 2.24) is 0 Å². The quantitative estimate of drug-likeness (QED) is 0.0222. The molecule has 0 aliphatic heterocycles. The summed E-state index contributed by atoms with van der Waals surface area (Å²) in [5.41, 5.74) is 0. The van der Waals surface area contributed by atoms with E-state index in [0.29, 0.717) is 25.7 Å². The van der Waals surface area contributed by atoms with Gasteiger partial charge >= 0.3 is 39.5 Å². The van der Waals surface area contributed by atoms with Crippen molar-refractivity contribution in [3.63, 3.8) is 0 Å². The Hall–Kier alpha value is -1.94. The monoisotopic (exact) mass is 1420 g/mol. The van der Waals surface area contributed by atoms with Crippen molar-refractivity contribution in [2.75, 3.05) is 39.6 Å². The Bertz CT molecular complexity index is 1870. The van der Waals surface area contributed by atoms with Gasteiger partial charge in [0, 0.05) is 25.7 Å². The fraction of sp³-hybridized carbons (Fsp3) is 0.949. The molecule has 0 bridgehead atoms. The molecule has 3 unspecified atom stereocenters. The zero-order valence-corrected chi connectivity index (χ0v) is 65.2. The lowest BCUT2D eigenvalue weighted by atomic mass is 9.99. The average molecular weight is 1420 g/mol. The average Bonchev–Trinajstić information content (AvgIpc) is 2.31. The van der Waals surface area contributed by atoms with Crippen LogP contribution < -0.4 is 0 Å². The number of phosphoric ester groups is 2. The molecule has 0 saturated heterocycles. The highest BCUT2D eigenvalue weighted by atomic mass is 31.2. The van der Waals surface area contributed by atoms with Crippen molar-refractivity contribution in [2.45, 2.75) is 426 Å². The molecule has 0 rings (SSSR count). The summed E-state index contributed by atoms with van der Waals surface area (Å²) in [4.78, 5) is 72.9. The molecule has 0 spiro atoms. The second kappa shape index (κ2) is 69.8. The zero-order valence-electron chi connectivity index (χ0n) is 63.4. The van der Waals surface area contributed by atoms with Crippen molar-refractivity contribution in [3.05, 3.63) is 0 Å². The lowest BCUT2D eigenvalue weighted by Gasteiger charge is -2.21. The molecule has 0 amide bonds. The highest BCUT2D eigenvalue weighted by Crippen LogP contribution is 2.45. The first-order valence-corrected chi connectivity index (χ1v) is 43.5. The molecular weight excluding hydrogens is 1270 g/mol. The van der Waals surface area contributed by atoms with Gasteiger partial charge in [0.2, 0.25) is 0 Å². The number of aliphatic hydroxyl groups is 1. The smallest absolute Gasteiger partial charge is 0.462 e. The molecule has 6 atom stereocenters. The lowest BCUT2D eigenvalue weighted by Crippen LogP contribution is -2.30. The fourth-order valence-electron chi connectivity index (χ4n) is 12.0. The molecule has 0 radical (unpaired) electrons. The second-order valence-corrected chi connectivity index (χ2v) is 31.7. The van der Waals surface area contributed by atoms with Gasteiger partial charge in [-0.3, -0.25) is 37.3 Å². The van der Waals surface area contributed by atoms with Gasteiger partial charge in [-0.15, -0.1) is 0 Å². The number of carbonyl (C=O) groups excluding carboxylic acids is 4. The standard InChI is InChI=1S/C78H152O17P2/c1-7-10-12-14-16-18-20-27-32-36-43-49-55-61-76(81)89-66-73(94-77(82)62-56-50-44-37-33-29-26-24-22-21-23-25-28-31-34-40-46-52-58-70(4)5)68-92-96(84,85)90-64-72(79)65-91-97(86,87)93-69-74(67-88-75(80)60-54-48-42-35-30-19-17-15-13-11-8-2)95-78(83)63-57-51-45-39-38-41-47-53-59-71(6)9-3/h70-74,79H,7-69H2,1-6H3,(H,84,85)(H,86,87)/t71?,72-,73-,74-/m1/s1. The van der Waals surface area contributed by atoms with E-state index in [1.165, 1.54) is 225 Å². The van der Waals surface area contributed by atoms with Crippen molar-refractivity contribution in [3.8, 4) is 0 Å². The van der Waals surface area contributed by atoms with E-state index in [1.807, 2.05) is 0 Å². The summed E-state index contributed by atoms with van der Waals surface area (Å²) < 4.78 is 68.6. The van der Waals surface area contributed by atoms with E-state index in [-0.39, 0.29) is 25.7 Å². The third-order valence-electron chi connectivity index (χ3n) is 18.6. The van der Waals surface area contributed by atoms with Gasteiger partial charge in [-0.05, 0) is 37.5 Å². The van der Waals surface area contributed by atoms with E-state index in [2.05, 4.69) is 41.5 Å². The predicted molar refractivity (Wildman–Crippen MR) is 395 cm³/mol. The molecule has 3 N–H and O–H groups in total. The molecule has 0 aromatic heterocycles. The Labute approximate surface area is 594 Å². The summed E-state index contributed by atoms with van der Waals surface area (Å²) in [6.07, 6.45) is 58.2. The largest absolute Gasteiger partial charge is 0.472 e. The first-order chi connectivity index (χ1) is 46.9. The van der Waals surface area contributed by atoms with Crippen molar-refractivity contribution < 1.29 is 80.2 Å². The van der Waals surface area contributed by atoms with Crippen molar-refractivity contribution in [2.24, 2.45) is 11.8 Å². The molecule has 576 valence electrons. The predicted octanol–water partition coefficient (Wildman–Crippen LogP) is 23.1. The zero-order chi connectivity index (χ0) is 71.4. The topological polar surface area (TPSA) is 237 Å². The molecule has 0 aliphatic carbocycles. The van der Waals surface area contributed by atoms with Crippen LogP contribution in [0.25, 0.3) is 0 Å². The van der Waals surface area contributed by atoms with Crippen LogP contribution in [0.15, 0.2) is 0 Å². The number of phosphoric acid groups is 2. The number of hydrogen-bond donors (Lipinski definition) is 3. The van der Waals surface area contributed by atoms with Gasteiger partial charge in [-0.1, -0.05) is 356 Å². The van der Waals surface area contributed by atoms with Crippen LogP contribution in [0.2, 0.25) is 0 Å². The third kappa shape index (κ3) is 70.9. The van der Waals surface area contributed by atoms with Crippen LogP contribution in [-0.4, -0.2) is 96.7 Å². The van der Waals surface area contributed by atoms with Gasteiger partial charge < -0.3 is 33.8 Å². The highest BCUT2D eigenvalue weighted by Gasteiger charge is 2.30. The summed E-state index contributed by atoms with van der Waals surface area (Å²) in [5.74, 6) is -0.523. The van der Waals surface area contributed by atoms with Gasteiger partial charge in [-0.2, -0.15) is 0 Å². The Morgan fingerprint density at radius 2 is 0.526 bits per heavy atom. The number of hydrogen-bond acceptors (Lipinski definition) is 15. The highest BCUT2D eigenvalue weighted by molar-refractivity contribution is 7.47. The van der Waals surface area contributed by atoms with Crippen LogP contribution in [-0.2, 0) is 65.4 Å². The number of ether oxygens (including phenoxy) is 4. The molecule has 97 heavy (non-hydrogen) atoms. The van der Waals surface area contributed by atoms with Gasteiger partial charge in [0.25, 0.3) is 0 Å². The first kappa shape index (κ1) is 95.1. The van der Waals surface area contributed by atoms with E-state index < -0.39 is 97.5 Å². The van der Waals surface area contributed by atoms with E-state index in [0.717, 1.165) is 102 Å². The van der Waals surface area contributed by atoms with Crippen LogP contribution in [0.5, 0.6) is 0 Å². The molecule has 19 heteroatoms. The molecular formula is C78H152O17P2. The number of unbranched alkanes of at least 4 members (excludes halogenated alkanes) is 46. The van der Waals surface area contributed by atoms with Crippen LogP contribution in [0.4, 0.5) is 0 Å². The minimum Gasteiger partial charge on any atom is -0.462 e. The SMILES string of the molecule is CCCCCCCCCCCCCCCC(=O)OC[C@H](COP(=O)(O)OC[C@@H](O)COP(=O)(O)OC[C@@H](COC(=O)CCCCCCCCCCCCC)OC(=O)CCCCCCCCCCC(C)CC)OC(=O)CCCCCCCCCCCCCCCCCCCCC(C)C. The van der Waals surface area contributed by atoms with Crippen LogP contribution in [0.3, 0.4) is 0 Å². The fourth-order valence-corrected chi connectivity index (χ4v) is 13.6. The van der Waals surface area contributed by atoms with Crippen LogP contribution in [0.1, 0.15) is 408 Å². The van der Waals surface area contributed by atoms with Gasteiger partial charge in [0.1, 0.15) is 19.3 Å². The number of carbonyl (C=O) groups is 4. The van der Waals surface area contributed by atoms with E-state index in [1.54, 1.807) is 0 Å². The molecule has 0 heterocycles. The summed E-state index contributed by atoms with van der Waals surface area (Å²) in [6, 6.07) is 0. The normalized spacial score (nSPS) is 14.2. The van der Waals surface area contributed by atoms with Crippen LogP contribution in [0, 0.1) is 11.8 Å². The Morgan fingerprint density at radius 1 is 0.299 bits per heavy atom. The minimum atomic E-state index is -4.96. The Morgan fingerprint density at radius 3 is 0.784 bits per heavy atom. The molecule has 17 nitrogen and oxygen atoms in total. The summed E-state index contributed by atoms with van der Waals surface area (Å²) in [7, 11) is -9.91. The molecule has 0 aromatic rings. The van der Waals surface area contributed by atoms with Crippen molar-refractivity contribution in [1.29, 1.82) is 0 Å². The number of esters is 4. The summed E-state index contributed by atoms with van der Waals surface area (Å²) in [6.45, 7) is 9.64. The third-order valence-corrected chi connectivity index (χ3v) is 20.5. The van der Waals surface area contributed by atoms with Gasteiger partial charge in [0.15, 0.2) is 12.2 Å². The molecule has 0 aliphatic rings. The summed E-state index contributed by atoms with van der Waals surface area (Å²) in [5, 5.41) is 10.6. The first-order valence-electron chi connectivity index (χ1n) is 40.5. The Kier molecular flexibility index (Phi) is 68.4. The maximum Gasteiger partial charge on any atom is 0.472 e. The van der Waals surface area contributed by atoms with E-state index >= 15 is 0 Å². The van der Waals surface area contributed by atoms with Crippen LogP contribution >= 0.6 is 15.6 Å². The molecule has 0 saturated carbocycles. The molecule has 0 aromatic carbocycles. The number of aliphatic hydroxyl groups excluding tert-OH is 1. The number of rotatable bonds is 77. The van der Waals surface area contributed by atoms with Gasteiger partial charge in [-0.25, -0.2) is 9.13 Å². The second-order valence-electron chi connectivity index (χ2n) is 28.8. The van der Waals surface area contributed by atoms with E-state index in [4.69, 9.17) is 37.0 Å². The Balaban J connectivity index is 5.21. The van der Waals surface area contributed by atoms with Gasteiger partial charge in [0.05, 0.1) is 26.4 Å². The molecule has 0 fully saturated rings. The summed E-state index contributed by atoms with van der Waals surface area (Å²) >= 11 is 0. The lowest BCUT2D eigenvalue weighted by molar-refractivity contribution is -0.161. The van der Waals surface area contributed by atoms with E-state index in [9.17, 15) is 43.2 Å². The van der Waals surface area contributed by atoms with Crippen molar-refractivity contribution >= 4 is 39.5 Å².